The number of rotatable bonds is 18. The standard InChI is InChI=1S/C39H57N3O7/c1-8-10-19-30(44)48-25-28(27-17-13-11-14-18-27)40-34(45)31-29-20-21-39(49-29)32(31)35(46)41(23-15-12-16-24-43)33(39)36(47)42(22-9-2)38(6,7)26-37(3,4)5/h8-9,11,13-14,17-18,28-29,31-33,43H,1-2,10,12,15-16,19-26H2,3-7H3,(H,40,45)/t28-,29+,31-,32-,33+,39-/m1/s1. The van der Waals surface area contributed by atoms with E-state index >= 15 is 0 Å². The summed E-state index contributed by atoms with van der Waals surface area (Å²) in [5.41, 5.74) is -0.999. The number of hydrogen-bond donors (Lipinski definition) is 2. The second-order valence-corrected chi connectivity index (χ2v) is 15.6. The van der Waals surface area contributed by atoms with Crippen molar-refractivity contribution in [2.45, 2.75) is 115 Å². The van der Waals surface area contributed by atoms with Crippen LogP contribution in [0, 0.1) is 17.3 Å². The third-order valence-electron chi connectivity index (χ3n) is 10.1. The van der Waals surface area contributed by atoms with Crippen molar-refractivity contribution in [1.29, 1.82) is 0 Å². The maximum atomic E-state index is 14.9. The van der Waals surface area contributed by atoms with E-state index in [0.717, 1.165) is 12.0 Å². The number of ether oxygens (including phenoxy) is 2. The smallest absolute Gasteiger partial charge is 0.306 e. The zero-order chi connectivity index (χ0) is 36.0. The van der Waals surface area contributed by atoms with Gasteiger partial charge in [0.2, 0.25) is 17.7 Å². The molecule has 3 amide bonds. The van der Waals surface area contributed by atoms with Crippen molar-refractivity contribution in [3.05, 3.63) is 61.2 Å². The summed E-state index contributed by atoms with van der Waals surface area (Å²) in [6, 6.07) is 7.76. The van der Waals surface area contributed by atoms with E-state index in [1.165, 1.54) is 0 Å². The highest BCUT2D eigenvalue weighted by atomic mass is 16.5. The van der Waals surface area contributed by atoms with Gasteiger partial charge in [-0.3, -0.25) is 19.2 Å². The first-order chi connectivity index (χ1) is 23.2. The number of unbranched alkanes of at least 4 members (excludes halogenated alkanes) is 2. The summed E-state index contributed by atoms with van der Waals surface area (Å²) in [6.45, 7) is 18.7. The van der Waals surface area contributed by atoms with Crippen LogP contribution in [0.25, 0.3) is 0 Å². The highest BCUT2D eigenvalue weighted by Crippen LogP contribution is 2.59. The zero-order valence-corrected chi connectivity index (χ0v) is 30.1. The van der Waals surface area contributed by atoms with Gasteiger partial charge in [-0.25, -0.2) is 0 Å². The molecule has 2 N–H and O–H groups in total. The molecule has 10 heteroatoms. The van der Waals surface area contributed by atoms with Crippen LogP contribution >= 0.6 is 0 Å². The van der Waals surface area contributed by atoms with Crippen molar-refractivity contribution in [2.24, 2.45) is 17.3 Å². The topological polar surface area (TPSA) is 125 Å². The van der Waals surface area contributed by atoms with Crippen LogP contribution in [0.3, 0.4) is 0 Å². The highest BCUT2D eigenvalue weighted by Gasteiger charge is 2.74. The van der Waals surface area contributed by atoms with E-state index in [9.17, 15) is 24.3 Å². The van der Waals surface area contributed by atoms with Gasteiger partial charge in [0, 0.05) is 31.7 Å². The third kappa shape index (κ3) is 8.46. The molecular weight excluding hydrogens is 622 g/mol. The van der Waals surface area contributed by atoms with Crippen LogP contribution in [0.2, 0.25) is 0 Å². The Hall–Kier alpha value is -3.50. The quantitative estimate of drug-likeness (QED) is 0.125. The molecule has 4 rings (SSSR count). The molecule has 0 radical (unpaired) electrons. The van der Waals surface area contributed by atoms with Crippen molar-refractivity contribution in [3.8, 4) is 0 Å². The van der Waals surface area contributed by atoms with Gasteiger partial charge in [0.05, 0.1) is 24.0 Å². The Balaban J connectivity index is 1.67. The number of nitrogens with zero attached hydrogens (tertiary/aromatic N) is 2. The molecule has 0 unspecified atom stereocenters. The van der Waals surface area contributed by atoms with E-state index in [1.807, 2.05) is 49.1 Å². The minimum Gasteiger partial charge on any atom is -0.463 e. The Morgan fingerprint density at radius 3 is 2.47 bits per heavy atom. The summed E-state index contributed by atoms with van der Waals surface area (Å²) < 4.78 is 12.3. The Morgan fingerprint density at radius 1 is 1.12 bits per heavy atom. The number of esters is 1. The average Bonchev–Trinajstić information content (AvgIpc) is 3.69. The number of nitrogens with one attached hydrogen (secondary N) is 1. The second kappa shape index (κ2) is 16.0. The molecule has 3 saturated heterocycles. The van der Waals surface area contributed by atoms with Gasteiger partial charge in [-0.05, 0) is 69.8 Å². The number of carbonyl (C=O) groups excluding carboxylic acids is 4. The Labute approximate surface area is 292 Å². The molecule has 270 valence electrons. The summed E-state index contributed by atoms with van der Waals surface area (Å²) in [4.78, 5) is 59.6. The SMILES string of the molecule is C=CCCC(=O)OC[C@@H](NC(=O)[C@@H]1[C@@H]2CC[C@]3(O2)[C@H](C(=O)N(CC=C)C(C)(C)CC(C)(C)C)N(CCCCCO)C(=O)[C@@H]13)c1ccccc1. The van der Waals surface area contributed by atoms with Crippen LogP contribution in [-0.4, -0.2) is 88.2 Å². The highest BCUT2D eigenvalue weighted by molar-refractivity contribution is 5.99. The van der Waals surface area contributed by atoms with E-state index in [-0.39, 0.29) is 48.7 Å². The van der Waals surface area contributed by atoms with Gasteiger partial charge >= 0.3 is 5.97 Å². The summed E-state index contributed by atoms with van der Waals surface area (Å²) in [5, 5.41) is 12.5. The number of aliphatic hydroxyl groups is 1. The molecule has 3 aliphatic rings. The van der Waals surface area contributed by atoms with Gasteiger partial charge in [0.25, 0.3) is 0 Å². The lowest BCUT2D eigenvalue weighted by atomic mass is 9.70. The number of aliphatic hydroxyl groups excluding tert-OH is 1. The van der Waals surface area contributed by atoms with Crippen molar-refractivity contribution in [2.75, 3.05) is 26.3 Å². The fourth-order valence-corrected chi connectivity index (χ4v) is 8.49. The van der Waals surface area contributed by atoms with Crippen molar-refractivity contribution < 1.29 is 33.8 Å². The van der Waals surface area contributed by atoms with Crippen LogP contribution in [0.4, 0.5) is 0 Å². The molecule has 0 aliphatic carbocycles. The second-order valence-electron chi connectivity index (χ2n) is 15.6. The van der Waals surface area contributed by atoms with Crippen LogP contribution in [0.1, 0.15) is 97.6 Å². The van der Waals surface area contributed by atoms with E-state index in [2.05, 4.69) is 39.2 Å². The molecule has 1 aromatic carbocycles. The minimum absolute atomic E-state index is 0.0517. The summed E-state index contributed by atoms with van der Waals surface area (Å²) >= 11 is 0. The predicted molar refractivity (Wildman–Crippen MR) is 188 cm³/mol. The predicted octanol–water partition coefficient (Wildman–Crippen LogP) is 5.12. The van der Waals surface area contributed by atoms with Crippen LogP contribution in [0.15, 0.2) is 55.6 Å². The summed E-state index contributed by atoms with van der Waals surface area (Å²) in [5.74, 6) is -2.82. The van der Waals surface area contributed by atoms with Crippen molar-refractivity contribution in [1.82, 2.24) is 15.1 Å². The third-order valence-corrected chi connectivity index (χ3v) is 10.1. The number of amides is 3. The number of carbonyl (C=O) groups is 4. The average molecular weight is 680 g/mol. The number of fused-ring (bicyclic) bond motifs is 1. The molecule has 1 spiro atoms. The van der Waals surface area contributed by atoms with E-state index in [4.69, 9.17) is 9.47 Å². The first-order valence-electron chi connectivity index (χ1n) is 17.8. The molecule has 49 heavy (non-hydrogen) atoms. The first-order valence-corrected chi connectivity index (χ1v) is 17.8. The monoisotopic (exact) mass is 679 g/mol. The molecule has 2 bridgehead atoms. The van der Waals surface area contributed by atoms with E-state index in [0.29, 0.717) is 51.6 Å². The zero-order valence-electron chi connectivity index (χ0n) is 30.1. The molecule has 6 atom stereocenters. The lowest BCUT2D eigenvalue weighted by Crippen LogP contribution is -2.61. The molecule has 0 aromatic heterocycles. The van der Waals surface area contributed by atoms with Gasteiger partial charge in [0.15, 0.2) is 0 Å². The summed E-state index contributed by atoms with van der Waals surface area (Å²) in [6.07, 6.45) is 7.19. The molecule has 3 aliphatic heterocycles. The van der Waals surface area contributed by atoms with Gasteiger partial charge in [-0.15, -0.1) is 13.2 Å². The fourth-order valence-electron chi connectivity index (χ4n) is 8.49. The Morgan fingerprint density at radius 2 is 1.84 bits per heavy atom. The van der Waals surface area contributed by atoms with Gasteiger partial charge in [0.1, 0.15) is 18.2 Å². The van der Waals surface area contributed by atoms with Gasteiger partial charge in [-0.1, -0.05) is 63.3 Å². The van der Waals surface area contributed by atoms with Crippen molar-refractivity contribution in [3.63, 3.8) is 0 Å². The lowest BCUT2D eigenvalue weighted by Gasteiger charge is -2.45. The van der Waals surface area contributed by atoms with E-state index < -0.39 is 41.2 Å². The normalized spacial score (nSPS) is 25.1. The number of benzene rings is 1. The number of likely N-dealkylation sites (tertiary alicyclic amines) is 1. The molecule has 3 heterocycles. The van der Waals surface area contributed by atoms with Crippen LogP contribution in [0.5, 0.6) is 0 Å². The van der Waals surface area contributed by atoms with Crippen LogP contribution < -0.4 is 5.32 Å². The fraction of sp³-hybridized carbons (Fsp3) is 0.641. The molecule has 0 saturated carbocycles. The molecule has 3 fully saturated rings. The molecule has 1 aromatic rings. The molecular formula is C39H57N3O7. The maximum Gasteiger partial charge on any atom is 0.306 e. The van der Waals surface area contributed by atoms with Gasteiger partial charge < -0.3 is 29.7 Å². The molecule has 10 nitrogen and oxygen atoms in total. The Kier molecular flexibility index (Phi) is 12.5. The lowest BCUT2D eigenvalue weighted by molar-refractivity contribution is -0.153. The van der Waals surface area contributed by atoms with Gasteiger partial charge in [-0.2, -0.15) is 0 Å². The number of allylic oxidation sites excluding steroid dienone is 1. The van der Waals surface area contributed by atoms with Crippen molar-refractivity contribution >= 4 is 23.7 Å². The largest absolute Gasteiger partial charge is 0.463 e. The van der Waals surface area contributed by atoms with Crippen LogP contribution in [-0.2, 0) is 28.7 Å². The maximum absolute atomic E-state index is 14.9. The first kappa shape index (κ1) is 38.3. The number of hydrogen-bond acceptors (Lipinski definition) is 7. The summed E-state index contributed by atoms with van der Waals surface area (Å²) in [7, 11) is 0. The minimum atomic E-state index is -1.14. The Bertz CT molecular complexity index is 1360. The van der Waals surface area contributed by atoms with E-state index in [1.54, 1.807) is 17.1 Å².